The topological polar surface area (TPSA) is 43.4 Å². The van der Waals surface area contributed by atoms with Crippen molar-refractivity contribution >= 4 is 11.8 Å². The van der Waals surface area contributed by atoms with Gasteiger partial charge in [0.2, 0.25) is 0 Å². The van der Waals surface area contributed by atoms with Gasteiger partial charge in [-0.1, -0.05) is 36.4 Å². The van der Waals surface area contributed by atoms with E-state index in [4.69, 9.17) is 4.74 Å². The minimum absolute atomic E-state index is 0.109. The number of esters is 1. The zero-order chi connectivity index (χ0) is 13.0. The predicted molar refractivity (Wildman–Crippen MR) is 68.1 cm³/mol. The highest BCUT2D eigenvalue weighted by Gasteiger charge is 2.37. The van der Waals surface area contributed by atoms with E-state index in [9.17, 15) is 9.59 Å². The Morgan fingerprint density at radius 2 is 2.06 bits per heavy atom. The summed E-state index contributed by atoms with van der Waals surface area (Å²) in [6.07, 6.45) is 4.01. The first kappa shape index (κ1) is 12.6. The second-order valence-electron chi connectivity index (χ2n) is 4.29. The van der Waals surface area contributed by atoms with Gasteiger partial charge in [-0.3, -0.25) is 9.59 Å². The van der Waals surface area contributed by atoms with Crippen molar-refractivity contribution in [3.05, 3.63) is 48.0 Å². The Labute approximate surface area is 106 Å². The van der Waals surface area contributed by atoms with E-state index in [0.29, 0.717) is 13.0 Å². The van der Waals surface area contributed by atoms with Crippen LogP contribution in [0.5, 0.6) is 0 Å². The first-order valence-corrected chi connectivity index (χ1v) is 6.16. The van der Waals surface area contributed by atoms with Crippen molar-refractivity contribution in [2.24, 2.45) is 5.92 Å². The molecule has 94 valence electrons. The van der Waals surface area contributed by atoms with Gasteiger partial charge in [0.25, 0.3) is 0 Å². The van der Waals surface area contributed by atoms with Crippen LogP contribution in [0.2, 0.25) is 0 Å². The molecule has 1 aromatic carbocycles. The van der Waals surface area contributed by atoms with Gasteiger partial charge >= 0.3 is 5.97 Å². The molecule has 0 spiro atoms. The van der Waals surface area contributed by atoms with Crippen LogP contribution in [0.25, 0.3) is 0 Å². The minimum Gasteiger partial charge on any atom is -0.465 e. The first-order valence-electron chi connectivity index (χ1n) is 6.16. The van der Waals surface area contributed by atoms with Crippen LogP contribution in [-0.4, -0.2) is 18.4 Å². The number of allylic oxidation sites excluding steroid dienone is 2. The molecule has 3 heteroatoms. The van der Waals surface area contributed by atoms with Gasteiger partial charge in [-0.25, -0.2) is 0 Å². The Bertz CT molecular complexity index is 462. The van der Waals surface area contributed by atoms with Gasteiger partial charge in [0.15, 0.2) is 5.78 Å². The average Bonchev–Trinajstić information content (AvgIpc) is 2.39. The van der Waals surface area contributed by atoms with Gasteiger partial charge in [0.05, 0.1) is 6.61 Å². The molecule has 1 aromatic rings. The second-order valence-corrected chi connectivity index (χ2v) is 4.29. The molecule has 0 amide bonds. The van der Waals surface area contributed by atoms with Crippen LogP contribution in [0.15, 0.2) is 42.5 Å². The molecule has 0 bridgehead atoms. The first-order chi connectivity index (χ1) is 8.74. The quantitative estimate of drug-likeness (QED) is 0.606. The lowest BCUT2D eigenvalue weighted by molar-refractivity contribution is -0.151. The van der Waals surface area contributed by atoms with E-state index in [-0.39, 0.29) is 11.7 Å². The number of hydrogen-bond acceptors (Lipinski definition) is 3. The molecule has 2 rings (SSSR count). The summed E-state index contributed by atoms with van der Waals surface area (Å²) in [6.45, 7) is 2.05. The van der Waals surface area contributed by atoms with Gasteiger partial charge < -0.3 is 4.74 Å². The molecule has 0 N–H and O–H groups in total. The summed E-state index contributed by atoms with van der Waals surface area (Å²) in [5, 5.41) is 0. The number of benzene rings is 1. The van der Waals surface area contributed by atoms with Crippen LogP contribution in [0.3, 0.4) is 0 Å². The van der Waals surface area contributed by atoms with E-state index in [0.717, 1.165) is 5.56 Å². The highest BCUT2D eigenvalue weighted by molar-refractivity contribution is 6.06. The maximum absolute atomic E-state index is 11.9. The maximum atomic E-state index is 11.9. The third-order valence-corrected chi connectivity index (χ3v) is 3.15. The fraction of sp³-hybridized carbons (Fsp3) is 0.333. The SMILES string of the molecule is CCOC(=O)[C@@H]1C(=O)C=CCC1c1ccccc1. The zero-order valence-electron chi connectivity index (χ0n) is 10.3. The van der Waals surface area contributed by atoms with Crippen LogP contribution >= 0.6 is 0 Å². The molecule has 1 unspecified atom stereocenters. The highest BCUT2D eigenvalue weighted by atomic mass is 16.5. The van der Waals surface area contributed by atoms with Crippen molar-refractivity contribution in [3.63, 3.8) is 0 Å². The summed E-state index contributed by atoms with van der Waals surface area (Å²) in [7, 11) is 0. The maximum Gasteiger partial charge on any atom is 0.317 e. The third-order valence-electron chi connectivity index (χ3n) is 3.15. The summed E-state index contributed by atoms with van der Waals surface area (Å²) in [5.41, 5.74) is 1.01. The number of rotatable bonds is 3. The summed E-state index contributed by atoms with van der Waals surface area (Å²) in [6, 6.07) is 9.65. The van der Waals surface area contributed by atoms with E-state index >= 15 is 0 Å². The van der Waals surface area contributed by atoms with Crippen molar-refractivity contribution in [2.45, 2.75) is 19.3 Å². The molecule has 0 aliphatic heterocycles. The standard InChI is InChI=1S/C15H16O3/c1-2-18-15(17)14-12(9-6-10-13(14)16)11-7-4-3-5-8-11/h3-8,10,12,14H,2,9H2,1H3/t12?,14-/m0/s1. The lowest BCUT2D eigenvalue weighted by atomic mass is 9.78. The number of hydrogen-bond donors (Lipinski definition) is 0. The zero-order valence-corrected chi connectivity index (χ0v) is 10.3. The van der Waals surface area contributed by atoms with E-state index < -0.39 is 11.9 Å². The molecule has 0 aromatic heterocycles. The molecule has 2 atom stereocenters. The monoisotopic (exact) mass is 244 g/mol. The van der Waals surface area contributed by atoms with Crippen LogP contribution < -0.4 is 0 Å². The van der Waals surface area contributed by atoms with Crippen molar-refractivity contribution in [2.75, 3.05) is 6.61 Å². The highest BCUT2D eigenvalue weighted by Crippen LogP contribution is 2.33. The average molecular weight is 244 g/mol. The molecule has 0 saturated carbocycles. The van der Waals surface area contributed by atoms with Crippen molar-refractivity contribution in [1.29, 1.82) is 0 Å². The molecule has 1 aliphatic rings. The normalized spacial score (nSPS) is 22.8. The second kappa shape index (κ2) is 5.63. The molecular weight excluding hydrogens is 228 g/mol. The summed E-state index contributed by atoms with van der Waals surface area (Å²) < 4.78 is 5.01. The van der Waals surface area contributed by atoms with Gasteiger partial charge in [0, 0.05) is 5.92 Å². The van der Waals surface area contributed by atoms with Gasteiger partial charge in [-0.05, 0) is 25.0 Å². The fourth-order valence-corrected chi connectivity index (χ4v) is 2.31. The fourth-order valence-electron chi connectivity index (χ4n) is 2.31. The van der Waals surface area contributed by atoms with E-state index in [2.05, 4.69) is 0 Å². The molecule has 0 radical (unpaired) electrons. The lowest BCUT2D eigenvalue weighted by Crippen LogP contribution is -2.32. The molecule has 1 aliphatic carbocycles. The number of carbonyl (C=O) groups excluding carboxylic acids is 2. The Balaban J connectivity index is 2.30. The number of ketones is 1. The van der Waals surface area contributed by atoms with Crippen molar-refractivity contribution in [3.8, 4) is 0 Å². The van der Waals surface area contributed by atoms with Gasteiger partial charge in [-0.15, -0.1) is 0 Å². The van der Waals surface area contributed by atoms with Crippen LogP contribution in [0.4, 0.5) is 0 Å². The Morgan fingerprint density at radius 1 is 1.33 bits per heavy atom. The van der Waals surface area contributed by atoms with Crippen molar-refractivity contribution in [1.82, 2.24) is 0 Å². The third kappa shape index (κ3) is 2.50. The van der Waals surface area contributed by atoms with Crippen LogP contribution in [0, 0.1) is 5.92 Å². The van der Waals surface area contributed by atoms with Crippen LogP contribution in [0.1, 0.15) is 24.8 Å². The Morgan fingerprint density at radius 3 is 2.72 bits per heavy atom. The molecule has 0 fully saturated rings. The molecule has 0 saturated heterocycles. The largest absolute Gasteiger partial charge is 0.465 e. The van der Waals surface area contributed by atoms with Gasteiger partial charge in [-0.2, -0.15) is 0 Å². The Kier molecular flexibility index (Phi) is 3.92. The number of ether oxygens (including phenoxy) is 1. The van der Waals surface area contributed by atoms with Crippen molar-refractivity contribution < 1.29 is 14.3 Å². The summed E-state index contributed by atoms with van der Waals surface area (Å²) in [5.74, 6) is -1.38. The molecule has 0 heterocycles. The summed E-state index contributed by atoms with van der Waals surface area (Å²) in [4.78, 5) is 23.8. The van der Waals surface area contributed by atoms with E-state index in [1.807, 2.05) is 36.4 Å². The van der Waals surface area contributed by atoms with E-state index in [1.54, 1.807) is 6.92 Å². The summed E-state index contributed by atoms with van der Waals surface area (Å²) >= 11 is 0. The minimum atomic E-state index is -0.697. The Hall–Kier alpha value is -1.90. The predicted octanol–water partition coefficient (Wildman–Crippen LogP) is 2.48. The molecular formula is C15H16O3. The smallest absolute Gasteiger partial charge is 0.317 e. The van der Waals surface area contributed by atoms with Gasteiger partial charge in [0.1, 0.15) is 5.92 Å². The van der Waals surface area contributed by atoms with Crippen LogP contribution in [-0.2, 0) is 14.3 Å². The number of carbonyl (C=O) groups is 2. The molecule has 3 nitrogen and oxygen atoms in total. The lowest BCUT2D eigenvalue weighted by Gasteiger charge is -2.25. The molecule has 18 heavy (non-hydrogen) atoms. The van der Waals surface area contributed by atoms with E-state index in [1.165, 1.54) is 6.08 Å².